The van der Waals surface area contributed by atoms with E-state index in [-0.39, 0.29) is 17.6 Å². The molecule has 0 saturated heterocycles. The van der Waals surface area contributed by atoms with Gasteiger partial charge in [0, 0.05) is 23.3 Å². The van der Waals surface area contributed by atoms with Gasteiger partial charge in [0.15, 0.2) is 0 Å². The maximum Gasteiger partial charge on any atom is 0.129 e. The van der Waals surface area contributed by atoms with Gasteiger partial charge in [-0.2, -0.15) is 0 Å². The second kappa shape index (κ2) is 4.41. The average Bonchev–Trinajstić information content (AvgIpc) is 3.03. The van der Waals surface area contributed by atoms with Crippen LogP contribution in [-0.4, -0.2) is 22.3 Å². The minimum Gasteiger partial charge on any atom is -0.489 e. The minimum atomic E-state index is -0.269. The predicted molar refractivity (Wildman–Crippen MR) is 88.6 cm³/mol. The number of hydrogen-bond acceptors (Lipinski definition) is 5. The van der Waals surface area contributed by atoms with Crippen LogP contribution in [-0.2, 0) is 0 Å². The van der Waals surface area contributed by atoms with Crippen molar-refractivity contribution < 1.29 is 9.84 Å². The summed E-state index contributed by atoms with van der Waals surface area (Å²) in [5, 5.41) is 14.2. The van der Waals surface area contributed by atoms with Gasteiger partial charge in [-0.1, -0.05) is 13.8 Å². The van der Waals surface area contributed by atoms with Gasteiger partial charge in [-0.3, -0.25) is 0 Å². The lowest BCUT2D eigenvalue weighted by molar-refractivity contribution is -0.134. The molecule has 0 bridgehead atoms. The van der Waals surface area contributed by atoms with E-state index in [0.29, 0.717) is 6.42 Å². The average molecular weight is 319 g/mol. The van der Waals surface area contributed by atoms with Gasteiger partial charge in [0.25, 0.3) is 0 Å². The largest absolute Gasteiger partial charge is 0.489 e. The number of ether oxygens (including phenoxy) is 1. The number of aromatic nitrogens is 1. The van der Waals surface area contributed by atoms with Crippen molar-refractivity contribution >= 4 is 43.0 Å². The fraction of sp³-hybridized carbons (Fsp3) is 0.438. The zero-order valence-electron chi connectivity index (χ0n) is 12.2. The normalized spacial score (nSPS) is 24.4. The first-order valence-electron chi connectivity index (χ1n) is 7.09. The van der Waals surface area contributed by atoms with Gasteiger partial charge in [0.2, 0.25) is 0 Å². The van der Waals surface area contributed by atoms with Crippen molar-refractivity contribution in [2.24, 2.45) is 5.41 Å². The van der Waals surface area contributed by atoms with E-state index >= 15 is 0 Å². The first-order valence-corrected chi connectivity index (χ1v) is 8.78. The lowest BCUT2D eigenvalue weighted by Gasteiger charge is -2.48. The Morgan fingerprint density at radius 3 is 2.95 bits per heavy atom. The molecule has 2 atom stereocenters. The van der Waals surface area contributed by atoms with Crippen LogP contribution in [0.3, 0.4) is 0 Å². The third-order valence-corrected chi connectivity index (χ3v) is 6.40. The van der Waals surface area contributed by atoms with Crippen LogP contribution in [0.4, 0.5) is 0 Å². The maximum absolute atomic E-state index is 9.89. The molecule has 21 heavy (non-hydrogen) atoms. The van der Waals surface area contributed by atoms with E-state index in [2.05, 4.69) is 36.3 Å². The van der Waals surface area contributed by atoms with E-state index in [1.165, 1.54) is 9.40 Å². The first-order chi connectivity index (χ1) is 9.96. The summed E-state index contributed by atoms with van der Waals surface area (Å²) in [6.45, 7) is 6.16. The highest BCUT2D eigenvalue weighted by atomic mass is 32.1. The number of rotatable bonds is 2. The highest BCUT2D eigenvalue weighted by Crippen LogP contribution is 2.46. The third-order valence-electron chi connectivity index (χ3n) is 4.56. The molecule has 2 unspecified atom stereocenters. The summed E-state index contributed by atoms with van der Waals surface area (Å²) in [5.74, 6) is 0.923. The summed E-state index contributed by atoms with van der Waals surface area (Å²) in [7, 11) is 0. The maximum atomic E-state index is 9.89. The molecule has 0 radical (unpaired) electrons. The van der Waals surface area contributed by atoms with E-state index in [1.807, 2.05) is 6.92 Å². The number of hydrogen-bond donors (Lipinski definition) is 1. The van der Waals surface area contributed by atoms with Crippen LogP contribution in [0, 0.1) is 12.3 Å². The fourth-order valence-electron chi connectivity index (χ4n) is 2.90. The Balaban J connectivity index is 1.82. The van der Waals surface area contributed by atoms with E-state index in [0.717, 1.165) is 21.7 Å². The van der Waals surface area contributed by atoms with E-state index in [1.54, 1.807) is 22.7 Å². The third kappa shape index (κ3) is 1.91. The molecule has 0 spiro atoms. The SMILES string of the molecule is Cc1nc2c(cc(OC3CC(O)C3(C)C)c3ccsc32)s1. The Morgan fingerprint density at radius 1 is 1.43 bits per heavy atom. The monoisotopic (exact) mass is 319 g/mol. The van der Waals surface area contributed by atoms with Gasteiger partial charge in [-0.25, -0.2) is 4.98 Å². The number of thiophene rings is 1. The summed E-state index contributed by atoms with van der Waals surface area (Å²) >= 11 is 3.42. The summed E-state index contributed by atoms with van der Waals surface area (Å²) in [5.41, 5.74) is 0.906. The Morgan fingerprint density at radius 2 is 2.24 bits per heavy atom. The van der Waals surface area contributed by atoms with Crippen LogP contribution in [0.5, 0.6) is 5.75 Å². The van der Waals surface area contributed by atoms with Crippen molar-refractivity contribution in [3.8, 4) is 5.75 Å². The highest BCUT2D eigenvalue weighted by Gasteiger charge is 2.49. The van der Waals surface area contributed by atoms with Crippen molar-refractivity contribution in [3.05, 3.63) is 22.5 Å². The smallest absolute Gasteiger partial charge is 0.129 e. The number of aryl methyl sites for hydroxylation is 1. The summed E-state index contributed by atoms with van der Waals surface area (Å²) in [6, 6.07) is 4.21. The molecule has 1 aliphatic rings. The van der Waals surface area contributed by atoms with Gasteiger partial charge >= 0.3 is 0 Å². The molecule has 1 N–H and O–H groups in total. The Labute approximate surface area is 131 Å². The summed E-state index contributed by atoms with van der Waals surface area (Å²) in [4.78, 5) is 4.64. The summed E-state index contributed by atoms with van der Waals surface area (Å²) in [6.07, 6.45) is 0.509. The lowest BCUT2D eigenvalue weighted by atomic mass is 9.66. The molecule has 1 aliphatic carbocycles. The second-order valence-corrected chi connectivity index (χ2v) is 8.45. The quantitative estimate of drug-likeness (QED) is 0.763. The molecule has 1 saturated carbocycles. The van der Waals surface area contributed by atoms with E-state index < -0.39 is 0 Å². The van der Waals surface area contributed by atoms with Gasteiger partial charge < -0.3 is 9.84 Å². The molecule has 3 nitrogen and oxygen atoms in total. The van der Waals surface area contributed by atoms with Crippen LogP contribution < -0.4 is 4.74 Å². The minimum absolute atomic E-state index is 0.0714. The molecule has 0 aliphatic heterocycles. The number of benzene rings is 1. The molecular weight excluding hydrogens is 302 g/mol. The number of thiazole rings is 1. The van der Waals surface area contributed by atoms with Gasteiger partial charge in [-0.15, -0.1) is 22.7 Å². The van der Waals surface area contributed by atoms with Crippen LogP contribution >= 0.6 is 22.7 Å². The molecule has 3 aromatic rings. The molecule has 4 rings (SSSR count). The van der Waals surface area contributed by atoms with E-state index in [4.69, 9.17) is 4.74 Å². The predicted octanol–water partition coefficient (Wildman–Crippen LogP) is 4.36. The topological polar surface area (TPSA) is 42.4 Å². The number of aliphatic hydroxyl groups excluding tert-OH is 1. The van der Waals surface area contributed by atoms with Crippen molar-refractivity contribution in [3.63, 3.8) is 0 Å². The molecule has 1 aromatic carbocycles. The molecule has 2 aromatic heterocycles. The molecule has 110 valence electrons. The Hall–Kier alpha value is -1.17. The first kappa shape index (κ1) is 13.5. The molecule has 5 heteroatoms. The van der Waals surface area contributed by atoms with Crippen molar-refractivity contribution in [1.29, 1.82) is 0 Å². The van der Waals surface area contributed by atoms with E-state index in [9.17, 15) is 5.11 Å². The Kier molecular flexibility index (Phi) is 2.83. The van der Waals surface area contributed by atoms with Crippen LogP contribution in [0.1, 0.15) is 25.3 Å². The number of fused-ring (bicyclic) bond motifs is 3. The molecule has 0 amide bonds. The Bertz CT molecular complexity index is 833. The van der Waals surface area contributed by atoms with Crippen molar-refractivity contribution in [2.45, 2.75) is 39.4 Å². The molecular formula is C16H17NO2S2. The number of nitrogens with zero attached hydrogens (tertiary/aromatic N) is 1. The van der Waals surface area contributed by atoms with Crippen LogP contribution in [0.2, 0.25) is 0 Å². The highest BCUT2D eigenvalue weighted by molar-refractivity contribution is 7.21. The second-order valence-electron chi connectivity index (χ2n) is 6.30. The van der Waals surface area contributed by atoms with Gasteiger partial charge in [-0.05, 0) is 18.4 Å². The number of aliphatic hydroxyl groups is 1. The van der Waals surface area contributed by atoms with Crippen LogP contribution in [0.15, 0.2) is 17.5 Å². The van der Waals surface area contributed by atoms with Gasteiger partial charge in [0.1, 0.15) is 11.9 Å². The van der Waals surface area contributed by atoms with Gasteiger partial charge in [0.05, 0.1) is 26.0 Å². The molecule has 2 heterocycles. The zero-order chi connectivity index (χ0) is 14.8. The van der Waals surface area contributed by atoms with Crippen LogP contribution in [0.25, 0.3) is 20.3 Å². The fourth-order valence-corrected chi connectivity index (χ4v) is 4.74. The molecule has 1 fully saturated rings. The summed E-state index contributed by atoms with van der Waals surface area (Å²) < 4.78 is 8.63. The standard InChI is InChI=1S/C16H17NO2S2/c1-8-17-14-11(21-8)6-10(9-4-5-20-15(9)14)19-13-7-12(18)16(13,2)3/h4-6,12-13,18H,7H2,1-3H3. The van der Waals surface area contributed by atoms with Crippen molar-refractivity contribution in [1.82, 2.24) is 4.98 Å². The lowest BCUT2D eigenvalue weighted by Crippen LogP contribution is -2.56. The van der Waals surface area contributed by atoms with Crippen molar-refractivity contribution in [2.75, 3.05) is 0 Å². The zero-order valence-corrected chi connectivity index (χ0v) is 13.8.